The summed E-state index contributed by atoms with van der Waals surface area (Å²) in [4.78, 5) is 11.0. The van der Waals surface area contributed by atoms with E-state index in [0.29, 0.717) is 25.0 Å². The van der Waals surface area contributed by atoms with Crippen molar-refractivity contribution in [1.82, 2.24) is 19.7 Å². The number of rotatable bonds is 3. The molecule has 0 aliphatic carbocycles. The van der Waals surface area contributed by atoms with E-state index in [1.165, 1.54) is 5.69 Å². The second-order valence-electron chi connectivity index (χ2n) is 6.39. The third kappa shape index (κ3) is 2.61. The lowest BCUT2D eigenvalue weighted by Gasteiger charge is -2.29. The number of hydrogen-bond acceptors (Lipinski definition) is 7. The molecule has 0 unspecified atom stereocenters. The van der Waals surface area contributed by atoms with Gasteiger partial charge in [-0.25, -0.2) is 4.98 Å². The number of fused-ring (bicyclic) bond motifs is 1. The van der Waals surface area contributed by atoms with Gasteiger partial charge in [-0.15, -0.1) is 0 Å². The number of aliphatic hydroxyl groups is 1. The Morgan fingerprint density at radius 1 is 1.42 bits per heavy atom. The molecule has 2 aromatic heterocycles. The van der Waals surface area contributed by atoms with Crippen LogP contribution in [-0.4, -0.2) is 44.6 Å². The van der Waals surface area contributed by atoms with Gasteiger partial charge in [0, 0.05) is 56.4 Å². The van der Waals surface area contributed by atoms with Crippen LogP contribution in [0.3, 0.4) is 0 Å². The molecule has 2 aromatic rings. The second kappa shape index (κ2) is 6.03. The Morgan fingerprint density at radius 3 is 3.04 bits per heavy atom. The fourth-order valence-corrected chi connectivity index (χ4v) is 3.60. The molecule has 4 heterocycles. The summed E-state index contributed by atoms with van der Waals surface area (Å²) >= 11 is 0. The minimum absolute atomic E-state index is 0.0480. The molecule has 0 amide bonds. The Balaban J connectivity index is 1.64. The summed E-state index contributed by atoms with van der Waals surface area (Å²) in [6.45, 7) is 2.93. The lowest BCUT2D eigenvalue weighted by atomic mass is 10.0. The SMILES string of the molecule is Cn1nc(CO)c2c1CCN(c1cc([C@@H]3CCOC3)nc(N)n1)C2. The molecule has 8 heteroatoms. The first-order valence-corrected chi connectivity index (χ1v) is 8.27. The fraction of sp³-hybridized carbons (Fsp3) is 0.562. The molecule has 2 aliphatic rings. The van der Waals surface area contributed by atoms with Gasteiger partial charge in [0.1, 0.15) is 5.82 Å². The van der Waals surface area contributed by atoms with Crippen molar-refractivity contribution in [1.29, 1.82) is 0 Å². The maximum absolute atomic E-state index is 9.54. The van der Waals surface area contributed by atoms with Crippen LogP contribution < -0.4 is 10.6 Å². The van der Waals surface area contributed by atoms with Gasteiger partial charge < -0.3 is 20.5 Å². The van der Waals surface area contributed by atoms with Crippen LogP contribution in [-0.2, 0) is 31.4 Å². The van der Waals surface area contributed by atoms with Crippen LogP contribution in [0.2, 0.25) is 0 Å². The Kier molecular flexibility index (Phi) is 3.85. The molecule has 2 aliphatic heterocycles. The van der Waals surface area contributed by atoms with Crippen LogP contribution in [0.5, 0.6) is 0 Å². The van der Waals surface area contributed by atoms with Crippen molar-refractivity contribution >= 4 is 11.8 Å². The third-order valence-corrected chi connectivity index (χ3v) is 4.90. The summed E-state index contributed by atoms with van der Waals surface area (Å²) in [5.41, 5.74) is 9.91. The van der Waals surface area contributed by atoms with Crippen molar-refractivity contribution in [2.75, 3.05) is 30.4 Å². The van der Waals surface area contributed by atoms with Crippen molar-refractivity contribution in [3.05, 3.63) is 28.7 Å². The summed E-state index contributed by atoms with van der Waals surface area (Å²) in [7, 11) is 1.93. The topological polar surface area (TPSA) is 102 Å². The number of hydrogen-bond donors (Lipinski definition) is 2. The van der Waals surface area contributed by atoms with E-state index < -0.39 is 0 Å². The van der Waals surface area contributed by atoms with Gasteiger partial charge in [-0.1, -0.05) is 0 Å². The highest BCUT2D eigenvalue weighted by Gasteiger charge is 2.26. The van der Waals surface area contributed by atoms with Gasteiger partial charge in [-0.05, 0) is 6.42 Å². The third-order valence-electron chi connectivity index (χ3n) is 4.90. The molecule has 1 saturated heterocycles. The normalized spacial score (nSPS) is 20.4. The predicted molar refractivity (Wildman–Crippen MR) is 88.5 cm³/mol. The molecular weight excluding hydrogens is 308 g/mol. The number of ether oxygens (including phenoxy) is 1. The average Bonchev–Trinajstić information content (AvgIpc) is 3.22. The lowest BCUT2D eigenvalue weighted by molar-refractivity contribution is 0.193. The number of nitrogens with two attached hydrogens (primary N) is 1. The standard InChI is InChI=1S/C16H22N6O2/c1-21-14-2-4-22(7-11(14)13(8-23)20-21)15-6-12(18-16(17)19-15)10-3-5-24-9-10/h6,10,23H,2-5,7-9H2,1H3,(H2,17,18,19)/t10-/m1/s1. The zero-order valence-electron chi connectivity index (χ0n) is 13.8. The first-order chi connectivity index (χ1) is 11.7. The fourth-order valence-electron chi connectivity index (χ4n) is 3.60. The number of anilines is 2. The molecule has 8 nitrogen and oxygen atoms in total. The van der Waals surface area contributed by atoms with E-state index in [1.807, 2.05) is 17.8 Å². The van der Waals surface area contributed by atoms with Crippen molar-refractivity contribution in [2.24, 2.45) is 7.05 Å². The first kappa shape index (κ1) is 15.3. The van der Waals surface area contributed by atoms with Gasteiger partial charge in [0.2, 0.25) is 5.95 Å². The van der Waals surface area contributed by atoms with Gasteiger partial charge >= 0.3 is 0 Å². The Labute approximate surface area is 140 Å². The highest BCUT2D eigenvalue weighted by atomic mass is 16.5. The summed E-state index contributed by atoms with van der Waals surface area (Å²) in [5.74, 6) is 1.43. The number of nitrogen functional groups attached to an aromatic ring is 1. The molecule has 0 radical (unpaired) electrons. The predicted octanol–water partition coefficient (Wildman–Crippen LogP) is 0.351. The van der Waals surface area contributed by atoms with E-state index in [0.717, 1.165) is 48.8 Å². The van der Waals surface area contributed by atoms with E-state index in [9.17, 15) is 5.11 Å². The van der Waals surface area contributed by atoms with Crippen molar-refractivity contribution in [2.45, 2.75) is 31.9 Å². The monoisotopic (exact) mass is 330 g/mol. The molecular formula is C16H22N6O2. The highest BCUT2D eigenvalue weighted by molar-refractivity contribution is 5.48. The summed E-state index contributed by atoms with van der Waals surface area (Å²) in [6, 6.07) is 2.02. The molecule has 0 spiro atoms. The van der Waals surface area contributed by atoms with Crippen molar-refractivity contribution < 1.29 is 9.84 Å². The van der Waals surface area contributed by atoms with Gasteiger partial charge in [0.15, 0.2) is 0 Å². The molecule has 0 saturated carbocycles. The van der Waals surface area contributed by atoms with Gasteiger partial charge in [0.05, 0.1) is 24.6 Å². The zero-order chi connectivity index (χ0) is 16.7. The van der Waals surface area contributed by atoms with Gasteiger partial charge in [-0.2, -0.15) is 10.1 Å². The van der Waals surface area contributed by atoms with Crippen LogP contribution in [0, 0.1) is 0 Å². The number of aliphatic hydroxyl groups excluding tert-OH is 1. The van der Waals surface area contributed by atoms with Crippen LogP contribution in [0.4, 0.5) is 11.8 Å². The maximum atomic E-state index is 9.54. The second-order valence-corrected chi connectivity index (χ2v) is 6.39. The highest BCUT2D eigenvalue weighted by Crippen LogP contribution is 2.30. The van der Waals surface area contributed by atoms with Crippen LogP contribution in [0.25, 0.3) is 0 Å². The Morgan fingerprint density at radius 2 is 2.29 bits per heavy atom. The molecule has 128 valence electrons. The number of aromatic nitrogens is 4. The largest absolute Gasteiger partial charge is 0.390 e. The average molecular weight is 330 g/mol. The lowest BCUT2D eigenvalue weighted by Crippen LogP contribution is -2.32. The van der Waals surface area contributed by atoms with Gasteiger partial charge in [-0.3, -0.25) is 4.68 Å². The van der Waals surface area contributed by atoms with Crippen LogP contribution in [0.15, 0.2) is 6.07 Å². The summed E-state index contributed by atoms with van der Waals surface area (Å²) in [5, 5.41) is 13.9. The first-order valence-electron chi connectivity index (χ1n) is 8.27. The minimum atomic E-state index is -0.0480. The van der Waals surface area contributed by atoms with E-state index in [4.69, 9.17) is 10.5 Å². The summed E-state index contributed by atoms with van der Waals surface area (Å²) in [6.07, 6.45) is 1.84. The van der Waals surface area contributed by atoms with Crippen LogP contribution in [0.1, 0.15) is 35.0 Å². The van der Waals surface area contributed by atoms with E-state index in [2.05, 4.69) is 20.0 Å². The smallest absolute Gasteiger partial charge is 0.222 e. The van der Waals surface area contributed by atoms with Crippen LogP contribution >= 0.6 is 0 Å². The molecule has 1 fully saturated rings. The number of aryl methyl sites for hydroxylation is 1. The molecule has 4 rings (SSSR count). The van der Waals surface area contributed by atoms with E-state index >= 15 is 0 Å². The van der Waals surface area contributed by atoms with Crippen molar-refractivity contribution in [3.63, 3.8) is 0 Å². The molecule has 0 bridgehead atoms. The Bertz CT molecular complexity index is 753. The van der Waals surface area contributed by atoms with Gasteiger partial charge in [0.25, 0.3) is 0 Å². The quantitative estimate of drug-likeness (QED) is 0.837. The van der Waals surface area contributed by atoms with E-state index in [1.54, 1.807) is 0 Å². The maximum Gasteiger partial charge on any atom is 0.222 e. The molecule has 3 N–H and O–H groups in total. The molecule has 1 atom stereocenters. The molecule has 0 aromatic carbocycles. The minimum Gasteiger partial charge on any atom is -0.390 e. The Hall–Kier alpha value is -2.19. The summed E-state index contributed by atoms with van der Waals surface area (Å²) < 4.78 is 7.33. The zero-order valence-corrected chi connectivity index (χ0v) is 13.8. The van der Waals surface area contributed by atoms with Crippen molar-refractivity contribution in [3.8, 4) is 0 Å². The molecule has 24 heavy (non-hydrogen) atoms. The number of nitrogens with zero attached hydrogens (tertiary/aromatic N) is 5. The van der Waals surface area contributed by atoms with E-state index in [-0.39, 0.29) is 6.61 Å².